The van der Waals surface area contributed by atoms with Gasteiger partial charge in [0.1, 0.15) is 11.4 Å². The lowest BCUT2D eigenvalue weighted by Gasteiger charge is -2.02. The minimum Gasteiger partial charge on any atom is -0.461 e. The van der Waals surface area contributed by atoms with Crippen LogP contribution in [0.1, 0.15) is 116 Å². The molecule has 0 radical (unpaired) electrons. The fraction of sp³-hybridized carbons (Fsp3) is 0.372. The Hall–Kier alpha value is -5.51. The zero-order chi connectivity index (χ0) is 38.8. The van der Waals surface area contributed by atoms with E-state index in [9.17, 15) is 9.59 Å². The molecule has 5 aromatic rings. The summed E-state index contributed by atoms with van der Waals surface area (Å²) in [7, 11) is 0. The molecule has 1 aliphatic rings. The lowest BCUT2D eigenvalue weighted by molar-refractivity contribution is 0.0510. The fourth-order valence-corrected chi connectivity index (χ4v) is 7.34. The summed E-state index contributed by atoms with van der Waals surface area (Å²) in [6.07, 6.45) is 2.14. The number of esters is 2. The van der Waals surface area contributed by atoms with Crippen LogP contribution < -0.4 is 0 Å². The molecule has 0 atom stereocenters. The van der Waals surface area contributed by atoms with Crippen molar-refractivity contribution >= 4 is 23.7 Å². The third kappa shape index (κ3) is 5.94. The van der Waals surface area contributed by atoms with E-state index < -0.39 is 0 Å². The summed E-state index contributed by atoms with van der Waals surface area (Å²) in [4.78, 5) is 48.3. The smallest absolute Gasteiger partial charge is 0.355 e. The normalized spacial score (nSPS) is 13.8. The van der Waals surface area contributed by atoms with Gasteiger partial charge in [-0.1, -0.05) is 0 Å². The van der Waals surface area contributed by atoms with Gasteiger partial charge >= 0.3 is 11.9 Å². The van der Waals surface area contributed by atoms with Crippen molar-refractivity contribution in [1.82, 2.24) is 24.9 Å². The number of allylic oxidation sites excluding steroid dienone is 2. The summed E-state index contributed by atoms with van der Waals surface area (Å²) in [5.41, 5.74) is 23.2. The van der Waals surface area contributed by atoms with Gasteiger partial charge < -0.3 is 34.4 Å². The maximum Gasteiger partial charge on any atom is 0.355 e. The highest BCUT2D eigenvalue weighted by Crippen LogP contribution is 2.39. The topological polar surface area (TPSA) is 144 Å². The largest absolute Gasteiger partial charge is 0.461 e. The quantitative estimate of drug-likeness (QED) is 0.0967. The molecule has 0 aliphatic carbocycles. The second-order valence-electron chi connectivity index (χ2n) is 14.3. The van der Waals surface area contributed by atoms with Crippen molar-refractivity contribution in [3.8, 4) is 34.2 Å². The molecule has 5 aromatic heterocycles. The first-order valence-electron chi connectivity index (χ1n) is 18.3. The van der Waals surface area contributed by atoms with Gasteiger partial charge in [-0.2, -0.15) is 0 Å². The number of hydrogen-bond acceptors (Lipinski definition) is 5. The second-order valence-corrected chi connectivity index (χ2v) is 14.3. The predicted molar refractivity (Wildman–Crippen MR) is 213 cm³/mol. The summed E-state index contributed by atoms with van der Waals surface area (Å²) in [5.74, 6) is -0.691. The van der Waals surface area contributed by atoms with Crippen LogP contribution >= 0.6 is 0 Å². The molecule has 0 bridgehead atoms. The molecule has 0 amide bonds. The summed E-state index contributed by atoms with van der Waals surface area (Å²) in [6.45, 7) is 29.2. The maximum atomic E-state index is 12.7. The van der Waals surface area contributed by atoms with Crippen molar-refractivity contribution < 1.29 is 19.1 Å². The lowest BCUT2D eigenvalue weighted by Crippen LogP contribution is -2.06. The Bertz CT molecular complexity index is 2430. The molecule has 6 heterocycles. The average molecular weight is 717 g/mol. The number of aromatic amines is 5. The van der Waals surface area contributed by atoms with Crippen LogP contribution in [0.2, 0.25) is 0 Å². The van der Waals surface area contributed by atoms with E-state index in [1.807, 2.05) is 41.5 Å². The van der Waals surface area contributed by atoms with E-state index in [0.717, 1.165) is 124 Å². The number of carbonyl (C=O) groups is 2. The van der Waals surface area contributed by atoms with Gasteiger partial charge in [0.2, 0.25) is 0 Å². The van der Waals surface area contributed by atoms with Gasteiger partial charge in [-0.05, 0) is 170 Å². The highest BCUT2D eigenvalue weighted by molar-refractivity contribution is 6.16. The summed E-state index contributed by atoms with van der Waals surface area (Å²) in [6, 6.07) is 0. The number of rotatable bonds is 9. The molecule has 0 saturated carbocycles. The van der Waals surface area contributed by atoms with Crippen molar-refractivity contribution in [2.75, 3.05) is 13.2 Å². The number of aliphatic imine (C=N–C) groups is 1. The number of nitrogens with one attached hydrogen (secondary N) is 5. The zero-order valence-electron chi connectivity index (χ0n) is 33.6. The van der Waals surface area contributed by atoms with Crippen LogP contribution in [0, 0.1) is 69.2 Å². The van der Waals surface area contributed by atoms with E-state index in [2.05, 4.69) is 86.4 Å². The molecule has 0 aromatic carbocycles. The van der Waals surface area contributed by atoms with Gasteiger partial charge in [0.15, 0.2) is 0 Å². The van der Waals surface area contributed by atoms with Gasteiger partial charge in [-0.15, -0.1) is 0 Å². The van der Waals surface area contributed by atoms with Gasteiger partial charge in [-0.25, -0.2) is 14.6 Å². The average Bonchev–Trinajstić information content (AvgIpc) is 3.91. The molecule has 0 saturated heterocycles. The van der Waals surface area contributed by atoms with Crippen LogP contribution in [-0.2, 0) is 9.47 Å². The van der Waals surface area contributed by atoms with E-state index in [0.29, 0.717) is 24.6 Å². The second kappa shape index (κ2) is 13.8. The Morgan fingerprint density at radius 1 is 0.472 bits per heavy atom. The minimum atomic E-state index is -0.347. The van der Waals surface area contributed by atoms with Crippen LogP contribution in [0.4, 0.5) is 0 Å². The Labute approximate surface area is 311 Å². The van der Waals surface area contributed by atoms with Gasteiger partial charge in [-0.3, -0.25) is 0 Å². The van der Waals surface area contributed by atoms with Gasteiger partial charge in [0, 0.05) is 5.69 Å². The Balaban J connectivity index is 1.38. The third-order valence-electron chi connectivity index (χ3n) is 11.6. The van der Waals surface area contributed by atoms with E-state index in [-0.39, 0.29) is 11.9 Å². The standard InChI is InChI=1S/C43H52N6O4/c1-15-52-42(50)40-28(13)26(11)38(48-40)36-24(9)22(7)34(46-36)32-20(5)18(3)30(44-32)17-31-19(4)21(6)33(45-31)35-23(8)25(10)37(47-35)39-27(12)29(14)41(49-39)43(51)53-16-2/h17,44,46-49H,15-16H2,1-14H3/b31-17-. The third-order valence-corrected chi connectivity index (χ3v) is 11.6. The van der Waals surface area contributed by atoms with Crippen LogP contribution in [0.5, 0.6) is 0 Å². The number of carbonyl (C=O) groups excluding carboxylic acids is 2. The maximum absolute atomic E-state index is 12.7. The molecule has 1 aliphatic heterocycles. The molecule has 53 heavy (non-hydrogen) atoms. The van der Waals surface area contributed by atoms with Crippen molar-refractivity contribution in [2.45, 2.75) is 96.9 Å². The number of aromatic nitrogens is 5. The van der Waals surface area contributed by atoms with Crippen molar-refractivity contribution in [3.63, 3.8) is 0 Å². The molecule has 0 unspecified atom stereocenters. The van der Waals surface area contributed by atoms with E-state index in [1.54, 1.807) is 0 Å². The summed E-state index contributed by atoms with van der Waals surface area (Å²) < 4.78 is 10.6. The van der Waals surface area contributed by atoms with Gasteiger partial charge in [0.05, 0.1) is 64.5 Å². The molecule has 10 heteroatoms. The first-order valence-corrected chi connectivity index (χ1v) is 18.3. The van der Waals surface area contributed by atoms with E-state index in [4.69, 9.17) is 14.5 Å². The van der Waals surface area contributed by atoms with E-state index >= 15 is 0 Å². The van der Waals surface area contributed by atoms with Gasteiger partial charge in [0.25, 0.3) is 0 Å². The summed E-state index contributed by atoms with van der Waals surface area (Å²) in [5, 5.41) is 0. The number of ether oxygens (including phenoxy) is 2. The van der Waals surface area contributed by atoms with E-state index in [1.165, 1.54) is 0 Å². The number of H-pyrrole nitrogens is 5. The Morgan fingerprint density at radius 2 is 0.830 bits per heavy atom. The highest BCUT2D eigenvalue weighted by Gasteiger charge is 2.28. The highest BCUT2D eigenvalue weighted by atomic mass is 16.5. The Morgan fingerprint density at radius 3 is 1.28 bits per heavy atom. The monoisotopic (exact) mass is 716 g/mol. The Kier molecular flexibility index (Phi) is 9.70. The lowest BCUT2D eigenvalue weighted by atomic mass is 10.0. The van der Waals surface area contributed by atoms with Crippen LogP contribution in [0.15, 0.2) is 21.8 Å². The first-order chi connectivity index (χ1) is 25.0. The van der Waals surface area contributed by atoms with Crippen LogP contribution in [0.25, 0.3) is 40.2 Å². The zero-order valence-corrected chi connectivity index (χ0v) is 33.6. The molecule has 5 N–H and O–H groups in total. The van der Waals surface area contributed by atoms with Crippen molar-refractivity contribution in [3.05, 3.63) is 95.3 Å². The number of nitrogens with zero attached hydrogens (tertiary/aromatic N) is 1. The predicted octanol–water partition coefficient (Wildman–Crippen LogP) is 9.95. The van der Waals surface area contributed by atoms with Crippen molar-refractivity contribution in [1.29, 1.82) is 0 Å². The van der Waals surface area contributed by atoms with Crippen LogP contribution in [-0.4, -0.2) is 55.8 Å². The number of hydrogen-bond donors (Lipinski definition) is 5. The summed E-state index contributed by atoms with van der Waals surface area (Å²) >= 11 is 0. The molecule has 10 nitrogen and oxygen atoms in total. The first kappa shape index (κ1) is 37.3. The molecule has 278 valence electrons. The fourth-order valence-electron chi connectivity index (χ4n) is 7.34. The molecular formula is C43H52N6O4. The SMILES string of the molecule is CCOC(=O)c1[nH]c(-c2[nH]c(C3=N/C(=C\c4[nH]c(-c5[nH]c(-c6[nH]c(C(=O)OCC)c(C)c6C)c(C)c5C)c(C)c4C)C(C)=C3C)c(C)c2C)c(C)c1C. The molecule has 6 rings (SSSR count). The molecule has 0 fully saturated rings. The molecular weight excluding hydrogens is 665 g/mol. The van der Waals surface area contributed by atoms with Crippen molar-refractivity contribution in [2.24, 2.45) is 4.99 Å². The minimum absolute atomic E-state index is 0.320. The van der Waals surface area contributed by atoms with Crippen LogP contribution in [0.3, 0.4) is 0 Å². The molecule has 0 spiro atoms.